The molecule has 0 saturated carbocycles. The highest BCUT2D eigenvalue weighted by Gasteiger charge is 2.20. The predicted octanol–water partition coefficient (Wildman–Crippen LogP) is 1.26. The Morgan fingerprint density at radius 3 is 2.61 bits per heavy atom. The van der Waals surface area contributed by atoms with Gasteiger partial charge in [-0.15, -0.1) is 0 Å². The highest BCUT2D eigenvalue weighted by Crippen LogP contribution is 2.08. The van der Waals surface area contributed by atoms with Crippen LogP contribution in [0.3, 0.4) is 0 Å². The molecule has 1 aromatic carbocycles. The lowest BCUT2D eigenvalue weighted by Crippen LogP contribution is -2.40. The van der Waals surface area contributed by atoms with Crippen LogP contribution in [0.4, 0.5) is 0 Å². The number of nitriles is 1. The molecular formula is C14H18N2O2. The third-order valence-electron chi connectivity index (χ3n) is 2.81. The van der Waals surface area contributed by atoms with Crippen molar-refractivity contribution < 1.29 is 9.90 Å². The smallest absolute Gasteiger partial charge is 0.237 e. The number of carbonyl (C=O) groups is 1. The molecule has 0 saturated heterocycles. The molecule has 2 atom stereocenters. The van der Waals surface area contributed by atoms with E-state index in [1.807, 2.05) is 43.3 Å². The first kappa shape index (κ1) is 14.2. The van der Waals surface area contributed by atoms with E-state index in [2.05, 4.69) is 5.32 Å². The van der Waals surface area contributed by atoms with Gasteiger partial charge in [0.15, 0.2) is 0 Å². The molecule has 18 heavy (non-hydrogen) atoms. The van der Waals surface area contributed by atoms with Crippen molar-refractivity contribution in [1.82, 2.24) is 5.32 Å². The van der Waals surface area contributed by atoms with Gasteiger partial charge in [0.05, 0.1) is 18.7 Å². The van der Waals surface area contributed by atoms with Gasteiger partial charge in [0.1, 0.15) is 5.92 Å². The lowest BCUT2D eigenvalue weighted by atomic mass is 9.99. The first-order valence-electron chi connectivity index (χ1n) is 6.06. The van der Waals surface area contributed by atoms with Gasteiger partial charge >= 0.3 is 0 Å². The highest BCUT2D eigenvalue weighted by molar-refractivity contribution is 5.81. The van der Waals surface area contributed by atoms with Gasteiger partial charge in [-0.1, -0.05) is 37.3 Å². The van der Waals surface area contributed by atoms with Crippen LogP contribution in [-0.2, 0) is 11.2 Å². The Morgan fingerprint density at radius 2 is 2.11 bits per heavy atom. The molecule has 0 aromatic heterocycles. The topological polar surface area (TPSA) is 73.1 Å². The van der Waals surface area contributed by atoms with Crippen LogP contribution in [0, 0.1) is 17.2 Å². The van der Waals surface area contributed by atoms with Gasteiger partial charge in [0, 0.05) is 0 Å². The predicted molar refractivity (Wildman–Crippen MR) is 68.6 cm³/mol. The second-order valence-corrected chi connectivity index (χ2v) is 4.17. The molecule has 0 heterocycles. The minimum Gasteiger partial charge on any atom is -0.394 e. The van der Waals surface area contributed by atoms with Crippen LogP contribution in [0.15, 0.2) is 30.3 Å². The number of hydrogen-bond acceptors (Lipinski definition) is 3. The van der Waals surface area contributed by atoms with Crippen molar-refractivity contribution >= 4 is 5.91 Å². The van der Waals surface area contributed by atoms with E-state index < -0.39 is 5.92 Å². The van der Waals surface area contributed by atoms with Gasteiger partial charge in [0.2, 0.25) is 5.91 Å². The number of benzene rings is 1. The van der Waals surface area contributed by atoms with Crippen LogP contribution in [0.1, 0.15) is 18.9 Å². The normalized spacial score (nSPS) is 13.4. The third-order valence-corrected chi connectivity index (χ3v) is 2.81. The van der Waals surface area contributed by atoms with E-state index in [0.717, 1.165) is 5.56 Å². The fraction of sp³-hybridized carbons (Fsp3) is 0.429. The average Bonchev–Trinajstić information content (AvgIpc) is 2.43. The molecule has 0 spiro atoms. The summed E-state index contributed by atoms with van der Waals surface area (Å²) in [7, 11) is 0. The lowest BCUT2D eigenvalue weighted by molar-refractivity contribution is -0.124. The average molecular weight is 246 g/mol. The van der Waals surface area contributed by atoms with Crippen molar-refractivity contribution in [3.05, 3.63) is 35.9 Å². The minimum atomic E-state index is -0.715. The largest absolute Gasteiger partial charge is 0.394 e. The zero-order valence-corrected chi connectivity index (χ0v) is 10.5. The van der Waals surface area contributed by atoms with E-state index >= 15 is 0 Å². The maximum Gasteiger partial charge on any atom is 0.237 e. The molecule has 0 aliphatic rings. The summed E-state index contributed by atoms with van der Waals surface area (Å²) in [5.74, 6) is -1.03. The number of hydrogen-bond donors (Lipinski definition) is 2. The molecule has 1 amide bonds. The second-order valence-electron chi connectivity index (χ2n) is 4.17. The van der Waals surface area contributed by atoms with Gasteiger partial charge < -0.3 is 10.4 Å². The Bertz CT molecular complexity index is 408. The minimum absolute atomic E-state index is 0.105. The van der Waals surface area contributed by atoms with Crippen LogP contribution < -0.4 is 5.32 Å². The van der Waals surface area contributed by atoms with Crippen molar-refractivity contribution in [2.75, 3.05) is 6.61 Å². The first-order chi connectivity index (χ1) is 8.71. The molecule has 0 fully saturated rings. The quantitative estimate of drug-likeness (QED) is 0.793. The fourth-order valence-corrected chi connectivity index (χ4v) is 1.63. The van der Waals surface area contributed by atoms with Gasteiger partial charge in [-0.3, -0.25) is 4.79 Å². The van der Waals surface area contributed by atoms with Crippen LogP contribution in [-0.4, -0.2) is 23.7 Å². The standard InChI is InChI=1S/C14H18N2O2/c1-2-13(10-17)16-14(18)12(9-15)8-11-6-4-3-5-7-11/h3-7,12-13,17H,2,8,10H2,1H3,(H,16,18). The van der Waals surface area contributed by atoms with Gasteiger partial charge in [-0.25, -0.2) is 0 Å². The van der Waals surface area contributed by atoms with E-state index in [0.29, 0.717) is 12.8 Å². The number of carbonyl (C=O) groups excluding carboxylic acids is 1. The molecular weight excluding hydrogens is 228 g/mol. The van der Waals surface area contributed by atoms with Crippen LogP contribution >= 0.6 is 0 Å². The molecule has 2 N–H and O–H groups in total. The number of rotatable bonds is 6. The molecule has 2 unspecified atom stereocenters. The molecule has 0 aliphatic carbocycles. The van der Waals surface area contributed by atoms with E-state index in [-0.39, 0.29) is 18.6 Å². The Balaban J connectivity index is 2.61. The summed E-state index contributed by atoms with van der Waals surface area (Å²) in [6.07, 6.45) is 1.04. The van der Waals surface area contributed by atoms with E-state index in [1.54, 1.807) is 0 Å². The van der Waals surface area contributed by atoms with E-state index in [4.69, 9.17) is 10.4 Å². The van der Waals surface area contributed by atoms with Crippen molar-refractivity contribution in [3.8, 4) is 6.07 Å². The number of nitrogens with zero attached hydrogens (tertiary/aromatic N) is 1. The molecule has 1 aromatic rings. The molecule has 1 rings (SSSR count). The third kappa shape index (κ3) is 4.19. The van der Waals surface area contributed by atoms with Crippen molar-refractivity contribution in [2.45, 2.75) is 25.8 Å². The maximum atomic E-state index is 11.9. The molecule has 96 valence electrons. The number of aliphatic hydroxyl groups is 1. The molecule has 0 bridgehead atoms. The second kappa shape index (κ2) is 7.46. The number of amides is 1. The van der Waals surface area contributed by atoms with Crippen molar-refractivity contribution in [3.63, 3.8) is 0 Å². The Labute approximate surface area is 107 Å². The van der Waals surface area contributed by atoms with Gasteiger partial charge in [0.25, 0.3) is 0 Å². The monoisotopic (exact) mass is 246 g/mol. The Hall–Kier alpha value is -1.86. The maximum absolute atomic E-state index is 11.9. The van der Waals surface area contributed by atoms with E-state index in [1.165, 1.54) is 0 Å². The zero-order chi connectivity index (χ0) is 13.4. The van der Waals surface area contributed by atoms with Gasteiger partial charge in [-0.05, 0) is 18.4 Å². The SMILES string of the molecule is CCC(CO)NC(=O)C(C#N)Cc1ccccc1. The van der Waals surface area contributed by atoms with E-state index in [9.17, 15) is 4.79 Å². The molecule has 4 heteroatoms. The van der Waals surface area contributed by atoms with Crippen molar-refractivity contribution in [1.29, 1.82) is 5.26 Å². The summed E-state index contributed by atoms with van der Waals surface area (Å²) in [6, 6.07) is 11.2. The van der Waals surface area contributed by atoms with Crippen LogP contribution in [0.25, 0.3) is 0 Å². The van der Waals surface area contributed by atoms with Crippen molar-refractivity contribution in [2.24, 2.45) is 5.92 Å². The highest BCUT2D eigenvalue weighted by atomic mass is 16.3. The zero-order valence-electron chi connectivity index (χ0n) is 10.5. The summed E-state index contributed by atoms with van der Waals surface area (Å²) in [4.78, 5) is 11.9. The molecule has 0 radical (unpaired) electrons. The molecule has 4 nitrogen and oxygen atoms in total. The van der Waals surface area contributed by atoms with Crippen LogP contribution in [0.2, 0.25) is 0 Å². The number of aliphatic hydroxyl groups excluding tert-OH is 1. The summed E-state index contributed by atoms with van der Waals surface area (Å²) < 4.78 is 0. The Kier molecular flexibility index (Phi) is 5.89. The number of nitrogens with one attached hydrogen (secondary N) is 1. The fourth-order valence-electron chi connectivity index (χ4n) is 1.63. The molecule has 0 aliphatic heterocycles. The summed E-state index contributed by atoms with van der Waals surface area (Å²) >= 11 is 0. The lowest BCUT2D eigenvalue weighted by Gasteiger charge is -2.16. The van der Waals surface area contributed by atoms with Crippen LogP contribution in [0.5, 0.6) is 0 Å². The first-order valence-corrected chi connectivity index (χ1v) is 6.06. The van der Waals surface area contributed by atoms with Gasteiger partial charge in [-0.2, -0.15) is 5.26 Å². The summed E-state index contributed by atoms with van der Waals surface area (Å²) in [5, 5.41) is 20.7. The summed E-state index contributed by atoms with van der Waals surface area (Å²) in [5.41, 5.74) is 0.955. The summed E-state index contributed by atoms with van der Waals surface area (Å²) in [6.45, 7) is 1.77. The Morgan fingerprint density at radius 1 is 1.44 bits per heavy atom.